The van der Waals surface area contributed by atoms with Gasteiger partial charge in [-0.25, -0.2) is 19.7 Å². The third-order valence-electron chi connectivity index (χ3n) is 3.31. The number of rotatable bonds is 6. The number of aromatic nitrogens is 3. The van der Waals surface area contributed by atoms with Gasteiger partial charge in [0.2, 0.25) is 0 Å². The molecule has 7 nitrogen and oxygen atoms in total. The Morgan fingerprint density at radius 1 is 1.19 bits per heavy atom. The van der Waals surface area contributed by atoms with Crippen LogP contribution in [0.15, 0.2) is 42.7 Å². The van der Waals surface area contributed by atoms with Crippen LogP contribution in [0, 0.1) is 18.3 Å². The lowest BCUT2D eigenvalue weighted by Crippen LogP contribution is -2.12. The van der Waals surface area contributed by atoms with Gasteiger partial charge in [-0.15, -0.1) is 11.3 Å². The standard InChI is InChI=1S/C18H14N4O3S/c1-12-15(26-17(22-12)16-20-7-2-8-21-16)18(23)25-10-9-24-14-5-3-13(11-19)4-6-14/h2-8H,9-10H2,1H3. The molecule has 0 atom stereocenters. The second-order valence-electron chi connectivity index (χ2n) is 5.13. The number of esters is 1. The van der Waals surface area contributed by atoms with E-state index in [4.69, 9.17) is 14.7 Å². The van der Waals surface area contributed by atoms with Gasteiger partial charge in [0.05, 0.1) is 17.3 Å². The lowest BCUT2D eigenvalue weighted by molar-refractivity contribution is 0.0455. The van der Waals surface area contributed by atoms with Crippen LogP contribution in [0.3, 0.4) is 0 Å². The van der Waals surface area contributed by atoms with Crippen LogP contribution in [0.25, 0.3) is 10.8 Å². The first-order valence-corrected chi connectivity index (χ1v) is 8.54. The largest absolute Gasteiger partial charge is 0.490 e. The number of hydrogen-bond acceptors (Lipinski definition) is 8. The molecule has 1 aromatic carbocycles. The van der Waals surface area contributed by atoms with Gasteiger partial charge in [0.1, 0.15) is 23.8 Å². The van der Waals surface area contributed by atoms with Crippen LogP contribution in [0.2, 0.25) is 0 Å². The fourth-order valence-corrected chi connectivity index (χ4v) is 2.98. The first kappa shape index (κ1) is 17.5. The Morgan fingerprint density at radius 3 is 2.62 bits per heavy atom. The topological polar surface area (TPSA) is 98.0 Å². The molecule has 0 aliphatic carbocycles. The van der Waals surface area contributed by atoms with E-state index in [0.29, 0.717) is 32.7 Å². The van der Waals surface area contributed by atoms with E-state index >= 15 is 0 Å². The number of hydrogen-bond donors (Lipinski definition) is 0. The summed E-state index contributed by atoms with van der Waals surface area (Å²) in [6.07, 6.45) is 3.25. The molecule has 2 aromatic heterocycles. The van der Waals surface area contributed by atoms with Gasteiger partial charge >= 0.3 is 5.97 Å². The molecule has 0 aliphatic heterocycles. The SMILES string of the molecule is Cc1nc(-c2ncccn2)sc1C(=O)OCCOc1ccc(C#N)cc1. The molecule has 2 heterocycles. The maximum atomic E-state index is 12.2. The van der Waals surface area contributed by atoms with Crippen LogP contribution in [0.4, 0.5) is 0 Å². The second-order valence-corrected chi connectivity index (χ2v) is 6.13. The third kappa shape index (κ3) is 4.20. The predicted octanol–water partition coefficient (Wildman–Crippen LogP) is 3.02. The number of benzene rings is 1. The third-order valence-corrected chi connectivity index (χ3v) is 4.44. The van der Waals surface area contributed by atoms with Crippen molar-refractivity contribution < 1.29 is 14.3 Å². The minimum atomic E-state index is -0.453. The Morgan fingerprint density at radius 2 is 1.92 bits per heavy atom. The molecule has 0 bridgehead atoms. The summed E-state index contributed by atoms with van der Waals surface area (Å²) < 4.78 is 10.7. The predicted molar refractivity (Wildman–Crippen MR) is 94.8 cm³/mol. The highest BCUT2D eigenvalue weighted by atomic mass is 32.1. The van der Waals surface area contributed by atoms with Crippen LogP contribution in [-0.2, 0) is 4.74 Å². The molecule has 130 valence electrons. The first-order chi connectivity index (χ1) is 12.7. The number of aryl methyl sites for hydroxylation is 1. The van der Waals surface area contributed by atoms with Crippen molar-refractivity contribution in [3.63, 3.8) is 0 Å². The summed E-state index contributed by atoms with van der Waals surface area (Å²) in [5, 5.41) is 9.32. The van der Waals surface area contributed by atoms with Crippen LogP contribution < -0.4 is 4.74 Å². The van der Waals surface area contributed by atoms with E-state index in [9.17, 15) is 4.79 Å². The van der Waals surface area contributed by atoms with E-state index in [2.05, 4.69) is 15.0 Å². The van der Waals surface area contributed by atoms with Gasteiger partial charge in [0, 0.05) is 12.4 Å². The maximum absolute atomic E-state index is 12.2. The number of nitriles is 1. The normalized spacial score (nSPS) is 10.2. The average molecular weight is 366 g/mol. The number of thiazole rings is 1. The summed E-state index contributed by atoms with van der Waals surface area (Å²) in [6, 6.07) is 10.5. The smallest absolute Gasteiger partial charge is 0.350 e. The van der Waals surface area contributed by atoms with Gasteiger partial charge < -0.3 is 9.47 Å². The molecule has 0 unspecified atom stereocenters. The van der Waals surface area contributed by atoms with Crippen molar-refractivity contribution in [1.29, 1.82) is 5.26 Å². The molecular formula is C18H14N4O3S. The van der Waals surface area contributed by atoms with Gasteiger partial charge in [-0.1, -0.05) is 0 Å². The van der Waals surface area contributed by atoms with Crippen LogP contribution >= 0.6 is 11.3 Å². The van der Waals surface area contributed by atoms with Crippen molar-refractivity contribution >= 4 is 17.3 Å². The summed E-state index contributed by atoms with van der Waals surface area (Å²) in [5.74, 6) is 0.631. The van der Waals surface area contributed by atoms with E-state index in [1.165, 1.54) is 11.3 Å². The zero-order valence-corrected chi connectivity index (χ0v) is 14.7. The Kier molecular flexibility index (Phi) is 5.51. The van der Waals surface area contributed by atoms with Crippen LogP contribution in [0.1, 0.15) is 20.9 Å². The molecule has 3 rings (SSSR count). The minimum Gasteiger partial charge on any atom is -0.490 e. The lowest BCUT2D eigenvalue weighted by atomic mass is 10.2. The molecule has 26 heavy (non-hydrogen) atoms. The van der Waals surface area contributed by atoms with Crippen molar-refractivity contribution in [1.82, 2.24) is 15.0 Å². The Balaban J connectivity index is 1.53. The molecule has 0 saturated heterocycles. The Bertz CT molecular complexity index is 933. The molecular weight excluding hydrogens is 352 g/mol. The van der Waals surface area contributed by atoms with Gasteiger partial charge in [0.15, 0.2) is 10.8 Å². The van der Waals surface area contributed by atoms with Gasteiger partial charge in [-0.2, -0.15) is 5.26 Å². The van der Waals surface area contributed by atoms with Crippen molar-refractivity contribution in [3.05, 3.63) is 58.9 Å². The fourth-order valence-electron chi connectivity index (χ4n) is 2.08. The summed E-state index contributed by atoms with van der Waals surface area (Å²) in [5.41, 5.74) is 1.14. The molecule has 0 spiro atoms. The molecule has 8 heteroatoms. The van der Waals surface area contributed by atoms with E-state index < -0.39 is 5.97 Å². The quantitative estimate of drug-likeness (QED) is 0.488. The van der Waals surface area contributed by atoms with E-state index in [-0.39, 0.29) is 13.2 Å². The van der Waals surface area contributed by atoms with Crippen LogP contribution in [-0.4, -0.2) is 34.1 Å². The van der Waals surface area contributed by atoms with Crippen molar-refractivity contribution in [2.75, 3.05) is 13.2 Å². The van der Waals surface area contributed by atoms with Crippen molar-refractivity contribution in [2.45, 2.75) is 6.92 Å². The van der Waals surface area contributed by atoms with E-state index in [1.807, 2.05) is 6.07 Å². The maximum Gasteiger partial charge on any atom is 0.350 e. The van der Waals surface area contributed by atoms with E-state index in [1.54, 1.807) is 49.6 Å². The summed E-state index contributed by atoms with van der Waals surface area (Å²) in [6.45, 7) is 2.06. The Hall–Kier alpha value is -3.31. The fraction of sp³-hybridized carbons (Fsp3) is 0.167. The van der Waals surface area contributed by atoms with Crippen molar-refractivity contribution in [3.8, 4) is 22.7 Å². The number of ether oxygens (including phenoxy) is 2. The molecule has 0 N–H and O–H groups in total. The summed E-state index contributed by atoms with van der Waals surface area (Å²) in [7, 11) is 0. The van der Waals surface area contributed by atoms with Crippen LogP contribution in [0.5, 0.6) is 5.75 Å². The summed E-state index contributed by atoms with van der Waals surface area (Å²) in [4.78, 5) is 25.2. The number of carbonyl (C=O) groups is 1. The molecule has 0 radical (unpaired) electrons. The van der Waals surface area contributed by atoms with E-state index in [0.717, 1.165) is 0 Å². The lowest BCUT2D eigenvalue weighted by Gasteiger charge is -2.06. The molecule has 0 amide bonds. The Labute approximate surface area is 153 Å². The van der Waals surface area contributed by atoms with Gasteiger partial charge in [-0.05, 0) is 37.3 Å². The average Bonchev–Trinajstić information content (AvgIpc) is 3.08. The molecule has 0 saturated carbocycles. The zero-order chi connectivity index (χ0) is 18.4. The molecule has 3 aromatic rings. The summed E-state index contributed by atoms with van der Waals surface area (Å²) >= 11 is 1.20. The molecule has 0 aliphatic rings. The minimum absolute atomic E-state index is 0.105. The van der Waals surface area contributed by atoms with Crippen molar-refractivity contribution in [2.24, 2.45) is 0 Å². The first-order valence-electron chi connectivity index (χ1n) is 7.72. The zero-order valence-electron chi connectivity index (χ0n) is 13.9. The second kappa shape index (κ2) is 8.18. The van der Waals surface area contributed by atoms with Gasteiger partial charge in [0.25, 0.3) is 0 Å². The number of nitrogens with zero attached hydrogens (tertiary/aromatic N) is 4. The highest BCUT2D eigenvalue weighted by Gasteiger charge is 2.18. The van der Waals surface area contributed by atoms with Gasteiger partial charge in [-0.3, -0.25) is 0 Å². The number of carbonyl (C=O) groups excluding carboxylic acids is 1. The highest BCUT2D eigenvalue weighted by molar-refractivity contribution is 7.16. The highest BCUT2D eigenvalue weighted by Crippen LogP contribution is 2.25. The molecule has 0 fully saturated rings. The monoisotopic (exact) mass is 366 g/mol.